The average Bonchev–Trinajstić information content (AvgIpc) is 3.14. The van der Waals surface area contributed by atoms with Gasteiger partial charge in [-0.25, -0.2) is 4.39 Å². The van der Waals surface area contributed by atoms with Gasteiger partial charge in [0.2, 0.25) is 17.7 Å². The number of halogens is 1. The van der Waals surface area contributed by atoms with Crippen molar-refractivity contribution in [3.05, 3.63) is 59.4 Å². The Hall–Kier alpha value is -2.87. The van der Waals surface area contributed by atoms with E-state index < -0.39 is 11.3 Å². The van der Waals surface area contributed by atoms with E-state index in [1.807, 2.05) is 12.1 Å². The Labute approximate surface area is 178 Å². The molecule has 0 saturated carbocycles. The van der Waals surface area contributed by atoms with Crippen molar-refractivity contribution in [2.45, 2.75) is 31.1 Å². The van der Waals surface area contributed by atoms with E-state index in [-0.39, 0.29) is 30.0 Å². The normalized spacial score (nSPS) is 20.5. The number of thioether (sulfide) groups is 1. The minimum atomic E-state index is -0.652. The van der Waals surface area contributed by atoms with Crippen LogP contribution in [0.4, 0.5) is 15.8 Å². The standard InChI is InChI=1S/C22H22FN3O3S/c1-13(27)26-9-8-15-10-16(6-7-19(15)26)24-21(28)18-12-30-20(22(29)25-18)11-14-4-2-3-5-17(14)23/h2-7,10,18,20H,8-9,11-12H2,1H3,(H,24,28)(H,25,29)/t18-,20-/m1/s1. The van der Waals surface area contributed by atoms with Gasteiger partial charge in [0.25, 0.3) is 0 Å². The van der Waals surface area contributed by atoms with Gasteiger partial charge in [-0.05, 0) is 48.2 Å². The molecule has 1 fully saturated rings. The topological polar surface area (TPSA) is 78.5 Å². The van der Waals surface area contributed by atoms with E-state index in [0.717, 1.165) is 17.7 Å². The predicted molar refractivity (Wildman–Crippen MR) is 115 cm³/mol. The van der Waals surface area contributed by atoms with E-state index in [2.05, 4.69) is 10.6 Å². The second-order valence-electron chi connectivity index (χ2n) is 7.43. The maximum Gasteiger partial charge on any atom is 0.247 e. The summed E-state index contributed by atoms with van der Waals surface area (Å²) in [5.41, 5.74) is 3.01. The highest BCUT2D eigenvalue weighted by Gasteiger charge is 2.33. The van der Waals surface area contributed by atoms with Crippen LogP contribution in [0.2, 0.25) is 0 Å². The number of hydrogen-bond acceptors (Lipinski definition) is 4. The zero-order valence-electron chi connectivity index (χ0n) is 16.5. The predicted octanol–water partition coefficient (Wildman–Crippen LogP) is 2.52. The number of rotatable bonds is 4. The van der Waals surface area contributed by atoms with Gasteiger partial charge in [0.1, 0.15) is 11.9 Å². The Kier molecular flexibility index (Phi) is 5.76. The van der Waals surface area contributed by atoms with Crippen molar-refractivity contribution in [1.29, 1.82) is 0 Å². The number of carbonyl (C=O) groups is 3. The number of anilines is 2. The number of carbonyl (C=O) groups excluding carboxylic acids is 3. The van der Waals surface area contributed by atoms with Crippen molar-refractivity contribution in [1.82, 2.24) is 5.32 Å². The Balaban J connectivity index is 1.36. The van der Waals surface area contributed by atoms with Crippen LogP contribution in [0.5, 0.6) is 0 Å². The molecule has 4 rings (SSSR count). The zero-order chi connectivity index (χ0) is 21.3. The number of hydrogen-bond donors (Lipinski definition) is 2. The van der Waals surface area contributed by atoms with Crippen LogP contribution in [-0.2, 0) is 27.2 Å². The van der Waals surface area contributed by atoms with Crippen LogP contribution in [0.1, 0.15) is 18.1 Å². The van der Waals surface area contributed by atoms with Crippen molar-refractivity contribution in [2.75, 3.05) is 22.5 Å². The molecule has 3 amide bonds. The van der Waals surface area contributed by atoms with Gasteiger partial charge in [-0.1, -0.05) is 18.2 Å². The van der Waals surface area contributed by atoms with E-state index in [0.29, 0.717) is 23.5 Å². The van der Waals surface area contributed by atoms with E-state index in [1.54, 1.807) is 29.2 Å². The molecule has 2 N–H and O–H groups in total. The third-order valence-corrected chi connectivity index (χ3v) is 6.68. The molecule has 0 aliphatic carbocycles. The molecule has 2 aliphatic heterocycles. The zero-order valence-corrected chi connectivity index (χ0v) is 17.3. The number of amides is 3. The van der Waals surface area contributed by atoms with Crippen LogP contribution < -0.4 is 15.5 Å². The molecule has 0 bridgehead atoms. The lowest BCUT2D eigenvalue weighted by molar-refractivity contribution is -0.126. The Morgan fingerprint density at radius 2 is 2.07 bits per heavy atom. The van der Waals surface area contributed by atoms with Gasteiger partial charge in [-0.2, -0.15) is 0 Å². The van der Waals surface area contributed by atoms with Gasteiger partial charge in [-0.15, -0.1) is 11.8 Å². The Morgan fingerprint density at radius 3 is 2.80 bits per heavy atom. The summed E-state index contributed by atoms with van der Waals surface area (Å²) in [5.74, 6) is -0.467. The van der Waals surface area contributed by atoms with Crippen LogP contribution in [0.3, 0.4) is 0 Å². The molecule has 0 unspecified atom stereocenters. The van der Waals surface area contributed by atoms with E-state index in [1.165, 1.54) is 24.8 Å². The van der Waals surface area contributed by atoms with E-state index in [4.69, 9.17) is 0 Å². The lowest BCUT2D eigenvalue weighted by Crippen LogP contribution is -2.52. The maximum absolute atomic E-state index is 13.9. The number of nitrogens with zero attached hydrogens (tertiary/aromatic N) is 1. The average molecular weight is 428 g/mol. The minimum absolute atomic E-state index is 0.00239. The lowest BCUT2D eigenvalue weighted by Gasteiger charge is -2.28. The monoisotopic (exact) mass is 427 g/mol. The first-order valence-electron chi connectivity index (χ1n) is 9.79. The highest BCUT2D eigenvalue weighted by Crippen LogP contribution is 2.31. The molecular formula is C22H22FN3O3S. The molecule has 0 spiro atoms. The molecule has 30 heavy (non-hydrogen) atoms. The summed E-state index contributed by atoms with van der Waals surface area (Å²) in [6.07, 6.45) is 1.03. The van der Waals surface area contributed by atoms with Crippen LogP contribution in [-0.4, -0.2) is 41.3 Å². The summed E-state index contributed by atoms with van der Waals surface area (Å²) >= 11 is 1.36. The van der Waals surface area contributed by atoms with Crippen molar-refractivity contribution in [3.63, 3.8) is 0 Å². The molecule has 2 heterocycles. The molecule has 2 aliphatic rings. The lowest BCUT2D eigenvalue weighted by atomic mass is 10.1. The van der Waals surface area contributed by atoms with Crippen LogP contribution in [0.15, 0.2) is 42.5 Å². The maximum atomic E-state index is 13.9. The summed E-state index contributed by atoms with van der Waals surface area (Å²) in [6, 6.07) is 11.2. The fourth-order valence-electron chi connectivity index (χ4n) is 3.79. The molecular weight excluding hydrogens is 405 g/mol. The SMILES string of the molecule is CC(=O)N1CCc2cc(NC(=O)[C@H]3CS[C@H](Cc4ccccc4F)C(=O)N3)ccc21. The molecule has 1 saturated heterocycles. The van der Waals surface area contributed by atoms with Gasteiger partial charge in [0.05, 0.1) is 5.25 Å². The summed E-state index contributed by atoms with van der Waals surface area (Å²) < 4.78 is 13.9. The van der Waals surface area contributed by atoms with E-state index in [9.17, 15) is 18.8 Å². The van der Waals surface area contributed by atoms with Crippen molar-refractivity contribution < 1.29 is 18.8 Å². The van der Waals surface area contributed by atoms with Gasteiger partial charge in [0.15, 0.2) is 0 Å². The quantitative estimate of drug-likeness (QED) is 0.786. The van der Waals surface area contributed by atoms with Gasteiger partial charge < -0.3 is 15.5 Å². The van der Waals surface area contributed by atoms with Crippen molar-refractivity contribution in [3.8, 4) is 0 Å². The number of fused-ring (bicyclic) bond motifs is 1. The molecule has 2 aromatic rings. The van der Waals surface area contributed by atoms with E-state index >= 15 is 0 Å². The van der Waals surface area contributed by atoms with Gasteiger partial charge in [-0.3, -0.25) is 14.4 Å². The molecule has 2 aromatic carbocycles. The third-order valence-electron chi connectivity index (χ3n) is 5.38. The molecule has 156 valence electrons. The minimum Gasteiger partial charge on any atom is -0.343 e. The smallest absolute Gasteiger partial charge is 0.247 e. The number of nitrogens with one attached hydrogen (secondary N) is 2. The van der Waals surface area contributed by atoms with Gasteiger partial charge >= 0.3 is 0 Å². The highest BCUT2D eigenvalue weighted by molar-refractivity contribution is 8.00. The molecule has 0 radical (unpaired) electrons. The molecule has 2 atom stereocenters. The van der Waals surface area contributed by atoms with Crippen molar-refractivity contribution in [2.24, 2.45) is 0 Å². The number of benzene rings is 2. The Morgan fingerprint density at radius 1 is 1.27 bits per heavy atom. The molecule has 8 heteroatoms. The first-order valence-corrected chi connectivity index (χ1v) is 10.8. The second-order valence-corrected chi connectivity index (χ2v) is 8.67. The third kappa shape index (κ3) is 4.18. The Bertz CT molecular complexity index is 1010. The summed E-state index contributed by atoms with van der Waals surface area (Å²) in [6.45, 7) is 2.18. The first-order chi connectivity index (χ1) is 14.4. The van der Waals surface area contributed by atoms with Crippen LogP contribution in [0.25, 0.3) is 0 Å². The molecule has 0 aromatic heterocycles. The van der Waals surface area contributed by atoms with Crippen LogP contribution >= 0.6 is 11.8 Å². The summed E-state index contributed by atoms with van der Waals surface area (Å²) in [5, 5.41) is 5.18. The van der Waals surface area contributed by atoms with Crippen molar-refractivity contribution >= 4 is 40.9 Å². The largest absolute Gasteiger partial charge is 0.343 e. The van der Waals surface area contributed by atoms with Crippen LogP contribution in [0, 0.1) is 5.82 Å². The fourth-order valence-corrected chi connectivity index (χ4v) is 4.96. The van der Waals surface area contributed by atoms with Gasteiger partial charge in [0, 0.05) is 30.6 Å². The first kappa shape index (κ1) is 20.4. The second kappa shape index (κ2) is 8.47. The summed E-state index contributed by atoms with van der Waals surface area (Å²) in [7, 11) is 0. The fraction of sp³-hybridized carbons (Fsp3) is 0.318. The summed E-state index contributed by atoms with van der Waals surface area (Å²) in [4.78, 5) is 38.5. The highest BCUT2D eigenvalue weighted by atomic mass is 32.2. The molecule has 6 nitrogen and oxygen atoms in total.